The molecule has 0 saturated heterocycles. The van der Waals surface area contributed by atoms with Gasteiger partial charge in [0.05, 0.1) is 21.6 Å². The molecule has 0 aliphatic carbocycles. The Labute approximate surface area is 234 Å². The van der Waals surface area contributed by atoms with Gasteiger partial charge >= 0.3 is 5.97 Å². The first-order valence-electron chi connectivity index (χ1n) is 11.6. The number of aliphatic hydroxyl groups is 1. The van der Waals surface area contributed by atoms with Crippen molar-refractivity contribution in [1.29, 1.82) is 0 Å². The van der Waals surface area contributed by atoms with Gasteiger partial charge in [0.25, 0.3) is 5.91 Å². The molecule has 0 atom stereocenters. The molecule has 0 fully saturated rings. The maximum Gasteiger partial charge on any atom is 0.344 e. The summed E-state index contributed by atoms with van der Waals surface area (Å²) in [5.41, 5.74) is 2.87. The lowest BCUT2D eigenvalue weighted by Crippen LogP contribution is -2.14. The van der Waals surface area contributed by atoms with Crippen molar-refractivity contribution in [3.05, 3.63) is 115 Å². The molecule has 6 nitrogen and oxygen atoms in total. The van der Waals surface area contributed by atoms with E-state index in [1.54, 1.807) is 61.5 Å². The largest absolute Gasteiger partial charge is 0.506 e. The van der Waals surface area contributed by atoms with Crippen LogP contribution < -0.4 is 4.74 Å². The van der Waals surface area contributed by atoms with Gasteiger partial charge in [-0.05, 0) is 67.4 Å². The second-order valence-electron chi connectivity index (χ2n) is 8.25. The summed E-state index contributed by atoms with van der Waals surface area (Å²) in [7, 11) is 0. The third-order valence-corrected chi connectivity index (χ3v) is 7.20. The van der Waals surface area contributed by atoms with Crippen molar-refractivity contribution >= 4 is 58.0 Å². The maximum atomic E-state index is 12.7. The number of aryl methyl sites for hydroxylation is 1. The molecule has 0 bridgehead atoms. The van der Waals surface area contributed by atoms with Crippen LogP contribution in [0.15, 0.2) is 88.0 Å². The number of amides is 1. The fourth-order valence-corrected chi connectivity index (χ4v) is 4.79. The number of halogens is 2. The van der Waals surface area contributed by atoms with Gasteiger partial charge in [0.15, 0.2) is 0 Å². The molecule has 38 heavy (non-hydrogen) atoms. The molecule has 0 radical (unpaired) electrons. The van der Waals surface area contributed by atoms with Gasteiger partial charge in [0, 0.05) is 5.56 Å². The van der Waals surface area contributed by atoms with Crippen LogP contribution in [0.1, 0.15) is 34.0 Å². The summed E-state index contributed by atoms with van der Waals surface area (Å²) >= 11 is 13.0. The number of carbonyl (C=O) groups is 2. The normalized spacial score (nSPS) is 15.3. The molecule has 9 heteroatoms. The number of aliphatic imine (C=N–C) groups is 1. The second-order valence-corrected chi connectivity index (χ2v) is 10.1. The Morgan fingerprint density at radius 1 is 1.00 bits per heavy atom. The number of carbonyl (C=O) groups excluding carboxylic acids is 2. The van der Waals surface area contributed by atoms with E-state index in [4.69, 9.17) is 32.7 Å². The van der Waals surface area contributed by atoms with Crippen molar-refractivity contribution in [2.75, 3.05) is 6.61 Å². The number of hydrogen-bond donors (Lipinski definition) is 1. The van der Waals surface area contributed by atoms with Crippen LogP contribution in [0.2, 0.25) is 10.0 Å². The first kappa shape index (κ1) is 27.5. The zero-order chi connectivity index (χ0) is 27.2. The number of thioether (sulfide) groups is 1. The number of aliphatic hydroxyl groups excluding tert-OH is 1. The summed E-state index contributed by atoms with van der Waals surface area (Å²) in [5.74, 6) is -0.923. The Kier molecular flexibility index (Phi) is 8.94. The third-order valence-electron chi connectivity index (χ3n) is 5.44. The van der Waals surface area contributed by atoms with Gasteiger partial charge < -0.3 is 14.6 Å². The molecule has 1 N–H and O–H groups in total. The van der Waals surface area contributed by atoms with Gasteiger partial charge in [-0.1, -0.05) is 70.9 Å². The van der Waals surface area contributed by atoms with Crippen molar-refractivity contribution in [2.45, 2.75) is 20.5 Å². The molecular formula is C29H23Cl2NO5S. The van der Waals surface area contributed by atoms with E-state index in [1.807, 2.05) is 25.1 Å². The molecule has 4 rings (SSSR count). The van der Waals surface area contributed by atoms with Gasteiger partial charge in [-0.15, -0.1) is 0 Å². The Bertz CT molecular complexity index is 1460. The molecule has 0 spiro atoms. The number of nitrogens with zero attached hydrogens (tertiary/aromatic N) is 1. The predicted molar refractivity (Wildman–Crippen MR) is 152 cm³/mol. The van der Waals surface area contributed by atoms with Gasteiger partial charge in [-0.2, -0.15) is 0 Å². The monoisotopic (exact) mass is 567 g/mol. The van der Waals surface area contributed by atoms with Crippen LogP contribution in [-0.4, -0.2) is 28.6 Å². The Morgan fingerprint density at radius 2 is 1.71 bits per heavy atom. The molecular weight excluding hydrogens is 545 g/mol. The highest BCUT2D eigenvalue weighted by Crippen LogP contribution is 2.39. The highest BCUT2D eigenvalue weighted by Gasteiger charge is 2.34. The lowest BCUT2D eigenvalue weighted by atomic mass is 10.1. The summed E-state index contributed by atoms with van der Waals surface area (Å²) in [6, 6.07) is 19.4. The molecule has 0 unspecified atom stereocenters. The lowest BCUT2D eigenvalue weighted by Gasteiger charge is -2.08. The Hall–Kier alpha value is -3.52. The minimum absolute atomic E-state index is 0.0827. The smallest absolute Gasteiger partial charge is 0.344 e. The number of esters is 1. The summed E-state index contributed by atoms with van der Waals surface area (Å²) < 4.78 is 10.9. The number of ether oxygens (including phenoxy) is 2. The molecule has 0 saturated carbocycles. The Morgan fingerprint density at radius 3 is 2.37 bits per heavy atom. The van der Waals surface area contributed by atoms with Crippen LogP contribution >= 0.6 is 35.0 Å². The first-order chi connectivity index (χ1) is 18.2. The van der Waals surface area contributed by atoms with Crippen molar-refractivity contribution < 1.29 is 24.2 Å². The fraction of sp³-hybridized carbons (Fsp3) is 0.138. The van der Waals surface area contributed by atoms with Crippen molar-refractivity contribution in [1.82, 2.24) is 0 Å². The molecule has 1 aliphatic heterocycles. The number of hydrogen-bond acceptors (Lipinski definition) is 6. The highest BCUT2D eigenvalue weighted by atomic mass is 35.5. The minimum Gasteiger partial charge on any atom is -0.506 e. The lowest BCUT2D eigenvalue weighted by molar-refractivity contribution is -0.138. The SMILES string of the molecule is CCOC(=O)C1=C(O)/C(=C/c2ccc(OCc3ccc(Cl)c(Cl)c3)cc2)SC1=NC(=O)c1ccc(C)cc1. The molecule has 1 aliphatic rings. The zero-order valence-electron chi connectivity index (χ0n) is 20.5. The fourth-order valence-electron chi connectivity index (χ4n) is 3.45. The summed E-state index contributed by atoms with van der Waals surface area (Å²) in [4.78, 5) is 29.8. The topological polar surface area (TPSA) is 85.2 Å². The van der Waals surface area contributed by atoms with Crippen LogP contribution in [0.4, 0.5) is 0 Å². The van der Waals surface area contributed by atoms with E-state index in [0.717, 1.165) is 28.5 Å². The quantitative estimate of drug-likeness (QED) is 0.296. The van der Waals surface area contributed by atoms with E-state index in [1.165, 1.54) is 0 Å². The van der Waals surface area contributed by atoms with Crippen molar-refractivity contribution in [2.24, 2.45) is 4.99 Å². The summed E-state index contributed by atoms with van der Waals surface area (Å²) in [6.45, 7) is 4.00. The number of benzene rings is 3. The molecule has 194 valence electrons. The van der Waals surface area contributed by atoms with Gasteiger partial charge in [0.1, 0.15) is 28.7 Å². The summed E-state index contributed by atoms with van der Waals surface area (Å²) in [6.07, 6.45) is 1.70. The van der Waals surface area contributed by atoms with Crippen LogP contribution in [0.5, 0.6) is 5.75 Å². The molecule has 1 amide bonds. The molecule has 3 aromatic rings. The number of rotatable bonds is 7. The molecule has 0 aromatic heterocycles. The molecule has 1 heterocycles. The van der Waals surface area contributed by atoms with E-state index >= 15 is 0 Å². The van der Waals surface area contributed by atoms with Crippen LogP contribution in [-0.2, 0) is 16.1 Å². The predicted octanol–water partition coefficient (Wildman–Crippen LogP) is 7.58. The minimum atomic E-state index is -0.748. The van der Waals surface area contributed by atoms with E-state index in [-0.39, 0.29) is 23.0 Å². The average Bonchev–Trinajstić information content (AvgIpc) is 3.20. The maximum absolute atomic E-state index is 12.7. The van der Waals surface area contributed by atoms with Crippen LogP contribution in [0.3, 0.4) is 0 Å². The third kappa shape index (κ3) is 6.67. The van der Waals surface area contributed by atoms with Crippen LogP contribution in [0, 0.1) is 6.92 Å². The van der Waals surface area contributed by atoms with Gasteiger partial charge in [-0.3, -0.25) is 4.79 Å². The standard InChI is InChI=1S/C29H23Cl2NO5S/c1-3-36-29(35)25-26(33)24(38-28(25)32-27(34)20-9-4-17(2)5-10-20)15-18-6-11-21(12-7-18)37-16-19-8-13-22(30)23(31)14-19/h4-15,33H,3,16H2,1-2H3/b24-15-,32-28?. The van der Waals surface area contributed by atoms with E-state index < -0.39 is 11.9 Å². The first-order valence-corrected chi connectivity index (χ1v) is 13.2. The van der Waals surface area contributed by atoms with E-state index in [9.17, 15) is 14.7 Å². The van der Waals surface area contributed by atoms with E-state index in [2.05, 4.69) is 4.99 Å². The van der Waals surface area contributed by atoms with Gasteiger partial charge in [-0.25, -0.2) is 9.79 Å². The molecule has 3 aromatic carbocycles. The highest BCUT2D eigenvalue weighted by molar-refractivity contribution is 8.18. The second kappa shape index (κ2) is 12.3. The van der Waals surface area contributed by atoms with E-state index in [0.29, 0.717) is 32.9 Å². The van der Waals surface area contributed by atoms with Crippen LogP contribution in [0.25, 0.3) is 6.08 Å². The summed E-state index contributed by atoms with van der Waals surface area (Å²) in [5, 5.41) is 11.9. The Balaban J connectivity index is 1.54. The van der Waals surface area contributed by atoms with Gasteiger partial charge in [0.2, 0.25) is 0 Å². The zero-order valence-corrected chi connectivity index (χ0v) is 22.9. The van der Waals surface area contributed by atoms with Crippen molar-refractivity contribution in [3.63, 3.8) is 0 Å². The average molecular weight is 568 g/mol. The van der Waals surface area contributed by atoms with Crippen molar-refractivity contribution in [3.8, 4) is 5.75 Å².